The molecule has 0 bridgehead atoms. The highest BCUT2D eigenvalue weighted by atomic mass is 32.2. The fourth-order valence-electron chi connectivity index (χ4n) is 2.27. The van der Waals surface area contributed by atoms with Gasteiger partial charge in [-0.1, -0.05) is 12.1 Å². The van der Waals surface area contributed by atoms with Crippen molar-refractivity contribution < 1.29 is 19.2 Å². The number of amidine groups is 1. The van der Waals surface area contributed by atoms with Gasteiger partial charge in [-0.05, 0) is 47.7 Å². The maximum atomic E-state index is 12.1. The molecule has 1 aliphatic rings. The number of carbonyl (C=O) groups excluding carboxylic acids is 2. The van der Waals surface area contributed by atoms with Gasteiger partial charge in [0.15, 0.2) is 5.17 Å². The number of benzene rings is 2. The zero-order valence-corrected chi connectivity index (χ0v) is 14.9. The average molecular weight is 383 g/mol. The van der Waals surface area contributed by atoms with Crippen LogP contribution >= 0.6 is 11.8 Å². The Hall–Kier alpha value is -3.46. The van der Waals surface area contributed by atoms with Crippen molar-refractivity contribution in [3.63, 3.8) is 0 Å². The van der Waals surface area contributed by atoms with E-state index in [0.717, 1.165) is 11.8 Å². The minimum absolute atomic E-state index is 0.0488. The third-order valence-electron chi connectivity index (χ3n) is 3.55. The molecule has 0 spiro atoms. The van der Waals surface area contributed by atoms with Crippen molar-refractivity contribution in [2.75, 3.05) is 7.11 Å². The predicted octanol–water partition coefficient (Wildman–Crippen LogP) is 3.27. The molecule has 1 amide bonds. The SMILES string of the molecule is COC(=O)c1ccc(N=C2NC(=O)/C(=C/c3cccc([N+](=O)[O-])c3)S2)cc1. The number of amides is 1. The predicted molar refractivity (Wildman–Crippen MR) is 102 cm³/mol. The van der Waals surface area contributed by atoms with Gasteiger partial charge in [0, 0.05) is 12.1 Å². The molecule has 27 heavy (non-hydrogen) atoms. The number of ether oxygens (including phenoxy) is 1. The molecule has 1 aliphatic heterocycles. The molecule has 8 nitrogen and oxygen atoms in total. The largest absolute Gasteiger partial charge is 0.465 e. The van der Waals surface area contributed by atoms with Gasteiger partial charge in [-0.15, -0.1) is 0 Å². The van der Waals surface area contributed by atoms with Crippen LogP contribution in [-0.2, 0) is 9.53 Å². The first-order chi connectivity index (χ1) is 13.0. The van der Waals surface area contributed by atoms with Crippen LogP contribution in [0.5, 0.6) is 0 Å². The Labute approximate surface area is 158 Å². The van der Waals surface area contributed by atoms with Gasteiger partial charge < -0.3 is 10.1 Å². The smallest absolute Gasteiger partial charge is 0.337 e. The number of nitrogens with one attached hydrogen (secondary N) is 1. The van der Waals surface area contributed by atoms with E-state index in [1.807, 2.05) is 0 Å². The molecule has 1 heterocycles. The van der Waals surface area contributed by atoms with Crippen molar-refractivity contribution >= 4 is 46.3 Å². The van der Waals surface area contributed by atoms with Crippen molar-refractivity contribution in [3.05, 3.63) is 74.7 Å². The van der Waals surface area contributed by atoms with Crippen LogP contribution in [0.25, 0.3) is 6.08 Å². The van der Waals surface area contributed by atoms with Crippen LogP contribution in [0.3, 0.4) is 0 Å². The molecule has 2 aromatic rings. The molecule has 1 N–H and O–H groups in total. The topological polar surface area (TPSA) is 111 Å². The number of aliphatic imine (C=N–C) groups is 1. The second-order valence-electron chi connectivity index (χ2n) is 5.37. The van der Waals surface area contributed by atoms with Crippen LogP contribution in [0.15, 0.2) is 58.4 Å². The average Bonchev–Trinajstić information content (AvgIpc) is 3.00. The number of nitro benzene ring substituents is 1. The summed E-state index contributed by atoms with van der Waals surface area (Å²) in [7, 11) is 1.30. The third-order valence-corrected chi connectivity index (χ3v) is 4.46. The Balaban J connectivity index is 1.78. The number of carbonyl (C=O) groups is 2. The summed E-state index contributed by atoms with van der Waals surface area (Å²) in [4.78, 5) is 38.6. The lowest BCUT2D eigenvalue weighted by molar-refractivity contribution is -0.384. The number of hydrogen-bond donors (Lipinski definition) is 1. The first kappa shape index (κ1) is 18.3. The van der Waals surface area contributed by atoms with Crippen molar-refractivity contribution in [2.24, 2.45) is 4.99 Å². The number of nitro groups is 1. The fraction of sp³-hybridized carbons (Fsp3) is 0.0556. The lowest BCUT2D eigenvalue weighted by Crippen LogP contribution is -2.19. The summed E-state index contributed by atoms with van der Waals surface area (Å²) in [5, 5.41) is 13.9. The normalized spacial score (nSPS) is 16.4. The van der Waals surface area contributed by atoms with Crippen molar-refractivity contribution in [3.8, 4) is 0 Å². The van der Waals surface area contributed by atoms with Gasteiger partial charge in [0.25, 0.3) is 11.6 Å². The van der Waals surface area contributed by atoms with Gasteiger partial charge in [-0.3, -0.25) is 14.9 Å². The zero-order chi connectivity index (χ0) is 19.4. The van der Waals surface area contributed by atoms with E-state index in [9.17, 15) is 19.7 Å². The molecule has 0 radical (unpaired) electrons. The maximum Gasteiger partial charge on any atom is 0.337 e. The van der Waals surface area contributed by atoms with Crippen LogP contribution in [0.4, 0.5) is 11.4 Å². The van der Waals surface area contributed by atoms with Gasteiger partial charge in [-0.25, -0.2) is 9.79 Å². The molecule has 0 atom stereocenters. The van der Waals surface area contributed by atoms with Gasteiger partial charge in [-0.2, -0.15) is 0 Å². The first-order valence-corrected chi connectivity index (χ1v) is 8.50. The molecule has 0 unspecified atom stereocenters. The molecular weight excluding hydrogens is 370 g/mol. The quantitative estimate of drug-likeness (QED) is 0.375. The maximum absolute atomic E-state index is 12.1. The number of esters is 1. The van der Waals surface area contributed by atoms with Crippen LogP contribution < -0.4 is 5.32 Å². The standard InChI is InChI=1S/C18H13N3O5S/c1-26-17(23)12-5-7-13(8-6-12)19-18-20-16(22)15(27-18)10-11-3-2-4-14(9-11)21(24)25/h2-10H,1H3,(H,19,20,22)/b15-10-. The van der Waals surface area contributed by atoms with Gasteiger partial charge >= 0.3 is 5.97 Å². The third kappa shape index (κ3) is 4.39. The number of rotatable bonds is 4. The Kier molecular flexibility index (Phi) is 5.32. The van der Waals surface area contributed by atoms with Crippen LogP contribution in [0.1, 0.15) is 15.9 Å². The summed E-state index contributed by atoms with van der Waals surface area (Å²) < 4.78 is 4.63. The lowest BCUT2D eigenvalue weighted by Gasteiger charge is -2.00. The highest BCUT2D eigenvalue weighted by molar-refractivity contribution is 8.18. The van der Waals surface area contributed by atoms with Crippen LogP contribution in [0, 0.1) is 10.1 Å². The second-order valence-corrected chi connectivity index (χ2v) is 6.40. The monoisotopic (exact) mass is 383 g/mol. The van der Waals surface area contributed by atoms with Gasteiger partial charge in [0.2, 0.25) is 0 Å². The van der Waals surface area contributed by atoms with E-state index in [2.05, 4.69) is 15.0 Å². The van der Waals surface area contributed by atoms with E-state index in [4.69, 9.17) is 0 Å². The summed E-state index contributed by atoms with van der Waals surface area (Å²) >= 11 is 1.13. The van der Waals surface area contributed by atoms with Gasteiger partial charge in [0.05, 0.1) is 28.2 Å². The van der Waals surface area contributed by atoms with E-state index in [-0.39, 0.29) is 11.6 Å². The summed E-state index contributed by atoms with van der Waals surface area (Å²) in [6, 6.07) is 12.4. The minimum Gasteiger partial charge on any atom is -0.465 e. The molecule has 0 aromatic heterocycles. The second kappa shape index (κ2) is 7.83. The summed E-state index contributed by atoms with van der Waals surface area (Å²) in [5.41, 5.74) is 1.45. The Morgan fingerprint density at radius 1 is 1.26 bits per heavy atom. The summed E-state index contributed by atoms with van der Waals surface area (Å²) in [6.07, 6.45) is 1.57. The van der Waals surface area contributed by atoms with E-state index in [0.29, 0.717) is 26.9 Å². The molecule has 0 aliphatic carbocycles. The molecule has 136 valence electrons. The highest BCUT2D eigenvalue weighted by Gasteiger charge is 2.24. The molecular formula is C18H13N3O5S. The number of thioether (sulfide) groups is 1. The molecule has 9 heteroatoms. The molecule has 1 saturated heterocycles. The zero-order valence-electron chi connectivity index (χ0n) is 14.0. The Bertz CT molecular complexity index is 983. The van der Waals surface area contributed by atoms with E-state index in [1.54, 1.807) is 42.5 Å². The summed E-state index contributed by atoms with van der Waals surface area (Å²) in [6.45, 7) is 0. The van der Waals surface area contributed by atoms with Crippen molar-refractivity contribution in [1.29, 1.82) is 0 Å². The van der Waals surface area contributed by atoms with E-state index < -0.39 is 10.9 Å². The number of methoxy groups -OCH3 is 1. The number of nitrogens with zero attached hydrogens (tertiary/aromatic N) is 2. The van der Waals surface area contributed by atoms with Crippen LogP contribution in [0.2, 0.25) is 0 Å². The Morgan fingerprint density at radius 3 is 2.67 bits per heavy atom. The van der Waals surface area contributed by atoms with Gasteiger partial charge in [0.1, 0.15) is 0 Å². The lowest BCUT2D eigenvalue weighted by atomic mass is 10.2. The molecule has 3 rings (SSSR count). The minimum atomic E-state index is -0.491. The van der Waals surface area contributed by atoms with E-state index >= 15 is 0 Å². The molecule has 0 saturated carbocycles. The first-order valence-electron chi connectivity index (χ1n) is 7.68. The molecule has 2 aromatic carbocycles. The van der Waals surface area contributed by atoms with E-state index in [1.165, 1.54) is 19.2 Å². The van der Waals surface area contributed by atoms with Crippen molar-refractivity contribution in [1.82, 2.24) is 5.32 Å². The number of non-ortho nitro benzene ring substituents is 1. The van der Waals surface area contributed by atoms with Crippen molar-refractivity contribution in [2.45, 2.75) is 0 Å². The fourth-order valence-corrected chi connectivity index (χ4v) is 3.11. The van der Waals surface area contributed by atoms with Crippen LogP contribution in [-0.4, -0.2) is 29.1 Å². The molecule has 1 fully saturated rings. The summed E-state index contributed by atoms with van der Waals surface area (Å²) in [5.74, 6) is -0.781. The Morgan fingerprint density at radius 2 is 2.00 bits per heavy atom. The highest BCUT2D eigenvalue weighted by Crippen LogP contribution is 2.28. The number of hydrogen-bond acceptors (Lipinski definition) is 7.